The third-order valence-corrected chi connectivity index (χ3v) is 3.24. The molecule has 2 nitrogen and oxygen atoms in total. The fourth-order valence-corrected chi connectivity index (χ4v) is 1.80. The molecule has 0 aliphatic rings. The third kappa shape index (κ3) is 4.21. The standard InChI is InChI=1S/C14H17F4NO/c1-3-9(4-2)8-19-13(20)10-5-6-12(15)11(7-10)14(16,17)18/h5-7,9H,3-4,8H2,1-2H3,(H,19,20). The molecule has 0 aliphatic carbocycles. The first-order valence-corrected chi connectivity index (χ1v) is 6.44. The van der Waals surface area contributed by atoms with Gasteiger partial charge in [-0.05, 0) is 24.1 Å². The number of rotatable bonds is 5. The Kier molecular flexibility index (Phi) is 5.53. The normalized spacial score (nSPS) is 11.8. The number of carbonyl (C=O) groups is 1. The van der Waals surface area contributed by atoms with Gasteiger partial charge in [0.2, 0.25) is 0 Å². The Hall–Kier alpha value is -1.59. The molecular weight excluding hydrogens is 274 g/mol. The Labute approximate surface area is 115 Å². The van der Waals surface area contributed by atoms with Gasteiger partial charge in [-0.1, -0.05) is 26.7 Å². The summed E-state index contributed by atoms with van der Waals surface area (Å²) >= 11 is 0. The third-order valence-electron chi connectivity index (χ3n) is 3.24. The summed E-state index contributed by atoms with van der Waals surface area (Å²) in [5, 5.41) is 2.57. The Balaban J connectivity index is 2.84. The zero-order valence-electron chi connectivity index (χ0n) is 11.4. The van der Waals surface area contributed by atoms with Gasteiger partial charge in [0.15, 0.2) is 0 Å². The Morgan fingerprint density at radius 2 is 1.85 bits per heavy atom. The molecule has 0 saturated heterocycles. The summed E-state index contributed by atoms with van der Waals surface area (Å²) in [5.74, 6) is -1.72. The van der Waals surface area contributed by atoms with E-state index in [4.69, 9.17) is 0 Å². The highest BCUT2D eigenvalue weighted by Gasteiger charge is 2.34. The van der Waals surface area contributed by atoms with E-state index in [1.807, 2.05) is 13.8 Å². The highest BCUT2D eigenvalue weighted by atomic mass is 19.4. The van der Waals surface area contributed by atoms with E-state index in [0.29, 0.717) is 18.7 Å². The minimum absolute atomic E-state index is 0.190. The monoisotopic (exact) mass is 291 g/mol. The Morgan fingerprint density at radius 1 is 1.25 bits per heavy atom. The topological polar surface area (TPSA) is 29.1 Å². The molecule has 0 spiro atoms. The second-order valence-corrected chi connectivity index (χ2v) is 4.58. The number of benzene rings is 1. The number of halogens is 4. The fraction of sp³-hybridized carbons (Fsp3) is 0.500. The lowest BCUT2D eigenvalue weighted by molar-refractivity contribution is -0.140. The van der Waals surface area contributed by atoms with Gasteiger partial charge in [-0.2, -0.15) is 13.2 Å². The van der Waals surface area contributed by atoms with Crippen LogP contribution in [0.3, 0.4) is 0 Å². The van der Waals surface area contributed by atoms with Gasteiger partial charge in [-0.15, -0.1) is 0 Å². The molecule has 1 N–H and O–H groups in total. The van der Waals surface area contributed by atoms with Gasteiger partial charge in [-0.25, -0.2) is 4.39 Å². The molecule has 1 aromatic carbocycles. The molecule has 112 valence electrons. The number of nitrogens with one attached hydrogen (secondary N) is 1. The Morgan fingerprint density at radius 3 is 2.35 bits per heavy atom. The molecule has 0 aliphatic heterocycles. The number of amides is 1. The first-order valence-electron chi connectivity index (χ1n) is 6.44. The smallest absolute Gasteiger partial charge is 0.352 e. The molecule has 6 heteroatoms. The van der Waals surface area contributed by atoms with Gasteiger partial charge in [0.1, 0.15) is 5.82 Å². The molecule has 20 heavy (non-hydrogen) atoms. The van der Waals surface area contributed by atoms with Crippen LogP contribution in [0.2, 0.25) is 0 Å². The quantitative estimate of drug-likeness (QED) is 0.816. The van der Waals surface area contributed by atoms with Crippen LogP contribution < -0.4 is 5.32 Å². The maximum absolute atomic E-state index is 13.1. The van der Waals surface area contributed by atoms with E-state index in [2.05, 4.69) is 5.32 Å². The van der Waals surface area contributed by atoms with Crippen molar-refractivity contribution in [2.24, 2.45) is 5.92 Å². The van der Waals surface area contributed by atoms with Crippen molar-refractivity contribution in [2.75, 3.05) is 6.54 Å². The zero-order chi connectivity index (χ0) is 15.3. The van der Waals surface area contributed by atoms with Crippen molar-refractivity contribution >= 4 is 5.91 Å². The molecule has 0 heterocycles. The first kappa shape index (κ1) is 16.5. The maximum atomic E-state index is 13.1. The van der Waals surface area contributed by atoms with Crippen LogP contribution in [-0.4, -0.2) is 12.5 Å². The molecule has 0 bridgehead atoms. The zero-order valence-corrected chi connectivity index (χ0v) is 11.4. The summed E-state index contributed by atoms with van der Waals surface area (Å²) in [5.41, 5.74) is -1.61. The number of hydrogen-bond donors (Lipinski definition) is 1. The minimum Gasteiger partial charge on any atom is -0.352 e. The highest BCUT2D eigenvalue weighted by molar-refractivity contribution is 5.94. The maximum Gasteiger partial charge on any atom is 0.419 e. The van der Waals surface area contributed by atoms with Crippen LogP contribution in [-0.2, 0) is 6.18 Å². The van der Waals surface area contributed by atoms with E-state index in [9.17, 15) is 22.4 Å². The van der Waals surface area contributed by atoms with Crippen LogP contribution in [0.15, 0.2) is 18.2 Å². The van der Waals surface area contributed by atoms with Crippen LogP contribution >= 0.6 is 0 Å². The molecule has 0 atom stereocenters. The molecule has 0 unspecified atom stereocenters. The van der Waals surface area contributed by atoms with Gasteiger partial charge in [0.05, 0.1) is 5.56 Å². The van der Waals surface area contributed by atoms with E-state index < -0.39 is 23.5 Å². The van der Waals surface area contributed by atoms with Gasteiger partial charge in [0, 0.05) is 12.1 Å². The van der Waals surface area contributed by atoms with Gasteiger partial charge < -0.3 is 5.32 Å². The summed E-state index contributed by atoms with van der Waals surface area (Å²) < 4.78 is 50.7. The number of hydrogen-bond acceptors (Lipinski definition) is 1. The SMILES string of the molecule is CCC(CC)CNC(=O)c1ccc(F)c(C(F)(F)F)c1. The lowest BCUT2D eigenvalue weighted by atomic mass is 10.0. The van der Waals surface area contributed by atoms with Gasteiger partial charge in [-0.3, -0.25) is 4.79 Å². The molecule has 1 amide bonds. The van der Waals surface area contributed by atoms with Gasteiger partial charge in [0.25, 0.3) is 5.91 Å². The van der Waals surface area contributed by atoms with E-state index in [1.54, 1.807) is 0 Å². The Bertz CT molecular complexity index is 467. The van der Waals surface area contributed by atoms with Crippen molar-refractivity contribution in [1.29, 1.82) is 0 Å². The van der Waals surface area contributed by atoms with E-state index in [-0.39, 0.29) is 11.5 Å². The molecule has 0 aromatic heterocycles. The summed E-state index contributed by atoms with van der Waals surface area (Å²) in [4.78, 5) is 11.8. The average molecular weight is 291 g/mol. The fourth-order valence-electron chi connectivity index (χ4n) is 1.80. The summed E-state index contributed by atoms with van der Waals surface area (Å²) in [6, 6.07) is 2.25. The van der Waals surface area contributed by atoms with E-state index in [1.165, 1.54) is 0 Å². The van der Waals surface area contributed by atoms with Crippen molar-refractivity contribution in [3.05, 3.63) is 35.1 Å². The van der Waals surface area contributed by atoms with Crippen LogP contribution in [0.4, 0.5) is 17.6 Å². The summed E-state index contributed by atoms with van der Waals surface area (Å²) in [6.07, 6.45) is -3.07. The number of carbonyl (C=O) groups excluding carboxylic acids is 1. The molecule has 1 rings (SSSR count). The lowest BCUT2D eigenvalue weighted by Crippen LogP contribution is -2.29. The molecule has 0 saturated carbocycles. The molecule has 0 fully saturated rings. The molecule has 1 aromatic rings. The number of alkyl halides is 3. The van der Waals surface area contributed by atoms with Crippen molar-refractivity contribution in [3.8, 4) is 0 Å². The van der Waals surface area contributed by atoms with Crippen LogP contribution in [0.1, 0.15) is 42.6 Å². The second kappa shape index (κ2) is 6.72. The molecular formula is C14H17F4NO. The van der Waals surface area contributed by atoms with Crippen LogP contribution in [0.5, 0.6) is 0 Å². The summed E-state index contributed by atoms with van der Waals surface area (Å²) in [6.45, 7) is 4.34. The van der Waals surface area contributed by atoms with Crippen molar-refractivity contribution in [3.63, 3.8) is 0 Å². The largest absolute Gasteiger partial charge is 0.419 e. The van der Waals surface area contributed by atoms with Crippen LogP contribution in [0.25, 0.3) is 0 Å². The van der Waals surface area contributed by atoms with E-state index in [0.717, 1.165) is 18.9 Å². The lowest BCUT2D eigenvalue weighted by Gasteiger charge is -2.14. The van der Waals surface area contributed by atoms with Crippen molar-refractivity contribution in [2.45, 2.75) is 32.9 Å². The average Bonchev–Trinajstić information content (AvgIpc) is 2.38. The predicted octanol–water partition coefficient (Wildman–Crippen LogP) is 4.01. The van der Waals surface area contributed by atoms with E-state index >= 15 is 0 Å². The van der Waals surface area contributed by atoms with Gasteiger partial charge >= 0.3 is 6.18 Å². The second-order valence-electron chi connectivity index (χ2n) is 4.58. The van der Waals surface area contributed by atoms with Crippen LogP contribution in [0, 0.1) is 11.7 Å². The highest BCUT2D eigenvalue weighted by Crippen LogP contribution is 2.31. The predicted molar refractivity (Wildman–Crippen MR) is 67.8 cm³/mol. The first-order chi connectivity index (χ1) is 9.29. The molecule has 0 radical (unpaired) electrons. The van der Waals surface area contributed by atoms with Crippen molar-refractivity contribution < 1.29 is 22.4 Å². The summed E-state index contributed by atoms with van der Waals surface area (Å²) in [7, 11) is 0. The minimum atomic E-state index is -4.81. The van der Waals surface area contributed by atoms with Crippen molar-refractivity contribution in [1.82, 2.24) is 5.32 Å².